The predicted molar refractivity (Wildman–Crippen MR) is 108 cm³/mol. The van der Waals surface area contributed by atoms with Gasteiger partial charge in [-0.1, -0.05) is 72.8 Å². The number of nitrogens with one attached hydrogen (secondary N) is 1. The van der Waals surface area contributed by atoms with Gasteiger partial charge in [0.2, 0.25) is 0 Å². The van der Waals surface area contributed by atoms with E-state index < -0.39 is 0 Å². The quantitative estimate of drug-likeness (QED) is 0.387. The molecule has 124 valence electrons. The molecule has 0 aliphatic carbocycles. The summed E-state index contributed by atoms with van der Waals surface area (Å²) in [7, 11) is 0. The van der Waals surface area contributed by atoms with Crippen molar-refractivity contribution < 1.29 is 5.11 Å². The van der Waals surface area contributed by atoms with Gasteiger partial charge in [-0.05, 0) is 33.9 Å². The zero-order valence-electron chi connectivity index (χ0n) is 14.1. The number of hydrogen-bond acceptors (Lipinski definition) is 1. The van der Waals surface area contributed by atoms with E-state index in [0.717, 1.165) is 33.2 Å². The highest BCUT2D eigenvalue weighted by Crippen LogP contribution is 2.41. The first kappa shape index (κ1) is 14.8. The van der Waals surface area contributed by atoms with Gasteiger partial charge >= 0.3 is 0 Å². The first-order valence-corrected chi connectivity index (χ1v) is 8.69. The first-order valence-electron chi connectivity index (χ1n) is 8.69. The zero-order valence-corrected chi connectivity index (χ0v) is 14.1. The Hall–Kier alpha value is -3.52. The lowest BCUT2D eigenvalue weighted by Gasteiger charge is -2.11. The van der Waals surface area contributed by atoms with Gasteiger partial charge in [0.15, 0.2) is 0 Å². The number of hydrogen-bond donors (Lipinski definition) is 2. The number of aromatic nitrogens is 1. The highest BCUT2D eigenvalue weighted by molar-refractivity contribution is 6.02. The van der Waals surface area contributed by atoms with E-state index in [4.69, 9.17) is 0 Å². The molecule has 1 heterocycles. The number of aromatic hydroxyl groups is 1. The topological polar surface area (TPSA) is 36.0 Å². The average molecular weight is 335 g/mol. The fraction of sp³-hybridized carbons (Fsp3) is 0. The molecular formula is C24H17NO. The number of phenols is 1. The predicted octanol–water partition coefficient (Wildman–Crippen LogP) is 6.36. The Kier molecular flexibility index (Phi) is 3.29. The number of H-pyrrole nitrogens is 1. The minimum atomic E-state index is 0.312. The lowest BCUT2D eigenvalue weighted by atomic mass is 9.95. The summed E-state index contributed by atoms with van der Waals surface area (Å²) in [5.74, 6) is 0.312. The molecule has 1 aromatic heterocycles. The van der Waals surface area contributed by atoms with Crippen LogP contribution < -0.4 is 0 Å². The summed E-state index contributed by atoms with van der Waals surface area (Å²) in [5, 5.41) is 15.2. The van der Waals surface area contributed by atoms with Crippen LogP contribution in [0.4, 0.5) is 0 Å². The van der Waals surface area contributed by atoms with Crippen molar-refractivity contribution in [2.75, 3.05) is 0 Å². The monoisotopic (exact) mass is 335 g/mol. The third-order valence-electron chi connectivity index (χ3n) is 5.00. The Bertz CT molecular complexity index is 1240. The third kappa shape index (κ3) is 2.20. The molecule has 5 rings (SSSR count). The molecule has 5 aromatic rings. The van der Waals surface area contributed by atoms with Crippen molar-refractivity contribution in [2.45, 2.75) is 0 Å². The summed E-state index contributed by atoms with van der Waals surface area (Å²) in [4.78, 5) is 3.33. The van der Waals surface area contributed by atoms with E-state index in [0.29, 0.717) is 5.75 Å². The van der Waals surface area contributed by atoms with E-state index in [1.807, 2.05) is 36.5 Å². The molecule has 0 atom stereocenters. The Balaban J connectivity index is 1.77. The van der Waals surface area contributed by atoms with Crippen molar-refractivity contribution in [3.63, 3.8) is 0 Å². The molecule has 0 spiro atoms. The van der Waals surface area contributed by atoms with Crippen LogP contribution in [0.25, 0.3) is 43.9 Å². The Labute approximate surface area is 151 Å². The van der Waals surface area contributed by atoms with Crippen LogP contribution in [0.2, 0.25) is 0 Å². The van der Waals surface area contributed by atoms with Crippen LogP contribution in [0.15, 0.2) is 91.1 Å². The molecular weight excluding hydrogens is 318 g/mol. The van der Waals surface area contributed by atoms with Gasteiger partial charge < -0.3 is 10.1 Å². The maximum Gasteiger partial charge on any atom is 0.132 e. The standard InChI is InChI=1S/C24H17NO/c26-24-19-10-4-2-7-17(19)12-13-22(24)23-21(14-15-25-23)20-11-5-8-16-6-1-3-9-18(16)20/h1-15,25-26H. The molecule has 2 N–H and O–H groups in total. The number of aromatic amines is 1. The van der Waals surface area contributed by atoms with Crippen molar-refractivity contribution in [1.29, 1.82) is 0 Å². The van der Waals surface area contributed by atoms with Gasteiger partial charge in [0.1, 0.15) is 5.75 Å². The summed E-state index contributed by atoms with van der Waals surface area (Å²) < 4.78 is 0. The Morgan fingerprint density at radius 3 is 2.08 bits per heavy atom. The summed E-state index contributed by atoms with van der Waals surface area (Å²) in [5.41, 5.74) is 4.00. The number of phenolic OH excluding ortho intramolecular Hbond substituents is 1. The lowest BCUT2D eigenvalue weighted by molar-refractivity contribution is 0.483. The maximum atomic E-state index is 10.9. The van der Waals surface area contributed by atoms with Gasteiger partial charge in [0.05, 0.1) is 5.69 Å². The average Bonchev–Trinajstić information content (AvgIpc) is 3.17. The molecule has 0 amide bonds. The number of fused-ring (bicyclic) bond motifs is 2. The van der Waals surface area contributed by atoms with E-state index in [9.17, 15) is 5.11 Å². The third-order valence-corrected chi connectivity index (χ3v) is 5.00. The first-order chi connectivity index (χ1) is 12.8. The van der Waals surface area contributed by atoms with Crippen LogP contribution in [0.3, 0.4) is 0 Å². The van der Waals surface area contributed by atoms with Gasteiger partial charge in [0, 0.05) is 22.7 Å². The van der Waals surface area contributed by atoms with Crippen LogP contribution in [0.1, 0.15) is 0 Å². The maximum absolute atomic E-state index is 10.9. The number of benzene rings is 4. The largest absolute Gasteiger partial charge is 0.507 e. The van der Waals surface area contributed by atoms with Crippen molar-refractivity contribution >= 4 is 21.5 Å². The second-order valence-electron chi connectivity index (χ2n) is 6.48. The molecule has 4 aromatic carbocycles. The molecule has 0 aliphatic rings. The highest BCUT2D eigenvalue weighted by Gasteiger charge is 2.15. The normalized spacial score (nSPS) is 11.2. The van der Waals surface area contributed by atoms with Crippen LogP contribution in [0, 0.1) is 0 Å². The van der Waals surface area contributed by atoms with Gasteiger partial charge in [0.25, 0.3) is 0 Å². The molecule has 26 heavy (non-hydrogen) atoms. The summed E-state index contributed by atoms with van der Waals surface area (Å²) >= 11 is 0. The highest BCUT2D eigenvalue weighted by atomic mass is 16.3. The van der Waals surface area contributed by atoms with E-state index in [1.165, 1.54) is 10.8 Å². The van der Waals surface area contributed by atoms with Crippen LogP contribution in [-0.4, -0.2) is 10.1 Å². The minimum absolute atomic E-state index is 0.312. The van der Waals surface area contributed by atoms with Crippen molar-refractivity contribution in [1.82, 2.24) is 4.98 Å². The molecule has 0 radical (unpaired) electrons. The zero-order chi connectivity index (χ0) is 17.5. The second-order valence-corrected chi connectivity index (χ2v) is 6.48. The fourth-order valence-electron chi connectivity index (χ4n) is 3.73. The van der Waals surface area contributed by atoms with Crippen LogP contribution in [-0.2, 0) is 0 Å². The van der Waals surface area contributed by atoms with E-state index in [-0.39, 0.29) is 0 Å². The second kappa shape index (κ2) is 5.78. The summed E-state index contributed by atoms with van der Waals surface area (Å²) in [6.45, 7) is 0. The van der Waals surface area contributed by atoms with Gasteiger partial charge in [-0.15, -0.1) is 0 Å². The van der Waals surface area contributed by atoms with Gasteiger partial charge in [-0.3, -0.25) is 0 Å². The molecule has 2 nitrogen and oxygen atoms in total. The lowest BCUT2D eigenvalue weighted by Crippen LogP contribution is -1.86. The van der Waals surface area contributed by atoms with Gasteiger partial charge in [-0.2, -0.15) is 0 Å². The number of rotatable bonds is 2. The SMILES string of the molecule is Oc1c(-c2[nH]ccc2-c2cccc3ccccc23)ccc2ccccc12. The molecule has 0 fully saturated rings. The van der Waals surface area contributed by atoms with Gasteiger partial charge in [-0.25, -0.2) is 0 Å². The van der Waals surface area contributed by atoms with Crippen LogP contribution >= 0.6 is 0 Å². The molecule has 0 unspecified atom stereocenters. The summed E-state index contributed by atoms with van der Waals surface area (Å²) in [6, 6.07) is 28.7. The van der Waals surface area contributed by atoms with Crippen LogP contribution in [0.5, 0.6) is 5.75 Å². The molecule has 0 saturated carbocycles. The van der Waals surface area contributed by atoms with E-state index in [1.54, 1.807) is 0 Å². The van der Waals surface area contributed by atoms with E-state index >= 15 is 0 Å². The molecule has 0 aliphatic heterocycles. The van der Waals surface area contributed by atoms with Crippen molar-refractivity contribution in [2.24, 2.45) is 0 Å². The molecule has 0 bridgehead atoms. The van der Waals surface area contributed by atoms with Crippen molar-refractivity contribution in [3.8, 4) is 28.1 Å². The summed E-state index contributed by atoms with van der Waals surface area (Å²) in [6.07, 6.45) is 1.93. The van der Waals surface area contributed by atoms with E-state index in [2.05, 4.69) is 59.6 Å². The Morgan fingerprint density at radius 1 is 0.538 bits per heavy atom. The molecule has 2 heteroatoms. The Morgan fingerprint density at radius 2 is 1.23 bits per heavy atom. The fourth-order valence-corrected chi connectivity index (χ4v) is 3.73. The minimum Gasteiger partial charge on any atom is -0.507 e. The van der Waals surface area contributed by atoms with Crippen molar-refractivity contribution in [3.05, 3.63) is 91.1 Å². The smallest absolute Gasteiger partial charge is 0.132 e. The molecule has 0 saturated heterocycles.